The molecular weight excluding hydrogens is 473 g/mol. The Morgan fingerprint density at radius 1 is 1.25 bits per heavy atom. The van der Waals surface area contributed by atoms with Gasteiger partial charge in [0.2, 0.25) is 5.91 Å². The van der Waals surface area contributed by atoms with Crippen LogP contribution in [0.4, 0.5) is 0 Å². The van der Waals surface area contributed by atoms with Crippen molar-refractivity contribution >= 4 is 35.8 Å². The standard InChI is InChI=1S/C19H33N5O3.HI/c1-5-16-15(17(6-2)27-23-16)12-21-19(22-13-18(25)24(3)4)20-11-14-9-7-8-10-26-14;/h14H,5-13H2,1-4H3,(H2,20,21,22);1H. The molecule has 9 heteroatoms. The fourth-order valence-corrected chi connectivity index (χ4v) is 2.95. The lowest BCUT2D eigenvalue weighted by Gasteiger charge is -2.24. The summed E-state index contributed by atoms with van der Waals surface area (Å²) in [6, 6.07) is 0. The minimum absolute atomic E-state index is 0. The number of nitrogens with zero attached hydrogens (tertiary/aromatic N) is 3. The molecule has 1 fully saturated rings. The van der Waals surface area contributed by atoms with Crippen LogP contribution < -0.4 is 10.6 Å². The number of rotatable bonds is 8. The molecule has 0 spiro atoms. The van der Waals surface area contributed by atoms with Gasteiger partial charge in [0.25, 0.3) is 0 Å². The molecule has 1 atom stereocenters. The van der Waals surface area contributed by atoms with Gasteiger partial charge in [-0.2, -0.15) is 0 Å². The number of carbonyl (C=O) groups is 1. The first-order chi connectivity index (χ1) is 13.0. The molecule has 0 radical (unpaired) electrons. The molecule has 1 aromatic rings. The van der Waals surface area contributed by atoms with Gasteiger partial charge in [-0.25, -0.2) is 4.99 Å². The van der Waals surface area contributed by atoms with E-state index in [1.54, 1.807) is 19.0 Å². The highest BCUT2D eigenvalue weighted by molar-refractivity contribution is 14.0. The highest BCUT2D eigenvalue weighted by Gasteiger charge is 2.16. The fraction of sp³-hybridized carbons (Fsp3) is 0.737. The van der Waals surface area contributed by atoms with Crippen LogP contribution in [0, 0.1) is 0 Å². The second kappa shape index (κ2) is 13.0. The van der Waals surface area contributed by atoms with Crippen molar-refractivity contribution in [3.8, 4) is 0 Å². The molecule has 0 saturated carbocycles. The molecule has 1 aliphatic rings. The molecule has 1 aromatic heterocycles. The largest absolute Gasteiger partial charge is 0.376 e. The summed E-state index contributed by atoms with van der Waals surface area (Å²) in [5.74, 6) is 1.46. The predicted octanol–water partition coefficient (Wildman–Crippen LogP) is 2.11. The van der Waals surface area contributed by atoms with Gasteiger partial charge in [0, 0.05) is 39.2 Å². The van der Waals surface area contributed by atoms with Crippen molar-refractivity contribution in [2.75, 3.05) is 33.8 Å². The van der Waals surface area contributed by atoms with Crippen LogP contribution in [-0.2, 0) is 28.9 Å². The Kier molecular flexibility index (Phi) is 11.4. The zero-order valence-corrected chi connectivity index (χ0v) is 19.7. The third-order valence-corrected chi connectivity index (χ3v) is 4.68. The summed E-state index contributed by atoms with van der Waals surface area (Å²) in [5, 5.41) is 10.6. The minimum Gasteiger partial charge on any atom is -0.376 e. The van der Waals surface area contributed by atoms with Crippen LogP contribution in [0.2, 0.25) is 0 Å². The van der Waals surface area contributed by atoms with Gasteiger partial charge in [0.1, 0.15) is 5.76 Å². The van der Waals surface area contributed by atoms with E-state index in [9.17, 15) is 4.79 Å². The van der Waals surface area contributed by atoms with E-state index in [1.165, 1.54) is 6.42 Å². The van der Waals surface area contributed by atoms with E-state index in [1.807, 2.05) is 6.92 Å². The quantitative estimate of drug-likeness (QED) is 0.318. The molecule has 8 nitrogen and oxygen atoms in total. The summed E-state index contributed by atoms with van der Waals surface area (Å²) in [7, 11) is 3.48. The van der Waals surface area contributed by atoms with Crippen molar-refractivity contribution in [3.63, 3.8) is 0 Å². The van der Waals surface area contributed by atoms with Crippen molar-refractivity contribution in [2.24, 2.45) is 4.99 Å². The Balaban J connectivity index is 0.00000392. The molecule has 1 saturated heterocycles. The number of aryl methyl sites for hydroxylation is 2. The zero-order valence-electron chi connectivity index (χ0n) is 17.4. The highest BCUT2D eigenvalue weighted by Crippen LogP contribution is 2.17. The molecule has 1 aliphatic heterocycles. The van der Waals surface area contributed by atoms with Crippen molar-refractivity contribution in [2.45, 2.75) is 58.6 Å². The number of amides is 1. The second-order valence-corrected chi connectivity index (χ2v) is 6.91. The van der Waals surface area contributed by atoms with Crippen molar-refractivity contribution < 1.29 is 14.1 Å². The third-order valence-electron chi connectivity index (χ3n) is 4.68. The van der Waals surface area contributed by atoms with Gasteiger partial charge >= 0.3 is 0 Å². The number of likely N-dealkylation sites (N-methyl/N-ethyl adjacent to an activating group) is 1. The van der Waals surface area contributed by atoms with Gasteiger partial charge in [0.15, 0.2) is 5.96 Å². The number of ether oxygens (including phenoxy) is 1. The lowest BCUT2D eigenvalue weighted by Crippen LogP contribution is -2.45. The number of carbonyl (C=O) groups excluding carboxylic acids is 1. The second-order valence-electron chi connectivity index (χ2n) is 6.91. The van der Waals surface area contributed by atoms with Crippen LogP contribution in [-0.4, -0.2) is 61.8 Å². The number of halogens is 1. The maximum absolute atomic E-state index is 11.9. The van der Waals surface area contributed by atoms with Crippen LogP contribution in [0.3, 0.4) is 0 Å². The maximum Gasteiger partial charge on any atom is 0.241 e. The summed E-state index contributed by atoms with van der Waals surface area (Å²) in [4.78, 5) is 18.1. The van der Waals surface area contributed by atoms with E-state index >= 15 is 0 Å². The Bertz CT molecular complexity index is 606. The normalized spacial score (nSPS) is 17.0. The summed E-state index contributed by atoms with van der Waals surface area (Å²) >= 11 is 0. The number of nitrogens with one attached hydrogen (secondary N) is 2. The highest BCUT2D eigenvalue weighted by atomic mass is 127. The first kappa shape index (κ1) is 24.7. The first-order valence-electron chi connectivity index (χ1n) is 9.85. The number of hydrogen-bond acceptors (Lipinski definition) is 5. The molecule has 1 unspecified atom stereocenters. The maximum atomic E-state index is 11.9. The van der Waals surface area contributed by atoms with Gasteiger partial charge in [-0.1, -0.05) is 19.0 Å². The molecule has 2 rings (SSSR count). The molecule has 0 aliphatic carbocycles. The molecule has 2 N–H and O–H groups in total. The first-order valence-corrected chi connectivity index (χ1v) is 9.85. The molecule has 0 aromatic carbocycles. The Hall–Kier alpha value is -1.36. The number of guanidine groups is 1. The van der Waals surface area contributed by atoms with Gasteiger partial charge in [0.05, 0.1) is 24.9 Å². The third kappa shape index (κ3) is 7.57. The number of aliphatic imine (C=N–C) groups is 1. The lowest BCUT2D eigenvalue weighted by atomic mass is 10.1. The van der Waals surface area contributed by atoms with Crippen molar-refractivity contribution in [1.82, 2.24) is 20.7 Å². The van der Waals surface area contributed by atoms with Crippen molar-refractivity contribution in [1.29, 1.82) is 0 Å². The summed E-state index contributed by atoms with van der Waals surface area (Å²) in [6.07, 6.45) is 5.13. The number of aromatic nitrogens is 1. The molecule has 160 valence electrons. The molecule has 0 bridgehead atoms. The van der Waals surface area contributed by atoms with Crippen molar-refractivity contribution in [3.05, 3.63) is 17.0 Å². The van der Waals surface area contributed by atoms with Crippen LogP contribution in [0.25, 0.3) is 0 Å². The van der Waals surface area contributed by atoms with E-state index in [4.69, 9.17) is 9.26 Å². The topological polar surface area (TPSA) is 92.0 Å². The Labute approximate surface area is 184 Å². The van der Waals surface area contributed by atoms with Gasteiger partial charge in [-0.15, -0.1) is 24.0 Å². The lowest BCUT2D eigenvalue weighted by molar-refractivity contribution is -0.127. The van der Waals surface area contributed by atoms with Gasteiger partial charge in [-0.05, 0) is 25.7 Å². The van der Waals surface area contributed by atoms with Gasteiger partial charge < -0.3 is 24.8 Å². The van der Waals surface area contributed by atoms with Gasteiger partial charge in [-0.3, -0.25) is 4.79 Å². The van der Waals surface area contributed by atoms with E-state index in [2.05, 4.69) is 27.7 Å². The van der Waals surface area contributed by atoms with E-state index < -0.39 is 0 Å². The average molecular weight is 507 g/mol. The van der Waals surface area contributed by atoms with Crippen LogP contribution in [0.15, 0.2) is 9.52 Å². The summed E-state index contributed by atoms with van der Waals surface area (Å²) < 4.78 is 11.2. The molecule has 2 heterocycles. The molecule has 1 amide bonds. The Morgan fingerprint density at radius 2 is 2.04 bits per heavy atom. The Morgan fingerprint density at radius 3 is 2.64 bits per heavy atom. The van der Waals surface area contributed by atoms with Crippen LogP contribution in [0.5, 0.6) is 0 Å². The molecule has 28 heavy (non-hydrogen) atoms. The monoisotopic (exact) mass is 507 g/mol. The summed E-state index contributed by atoms with van der Waals surface area (Å²) in [5.41, 5.74) is 1.98. The summed E-state index contributed by atoms with van der Waals surface area (Å²) in [6.45, 7) is 6.24. The van der Waals surface area contributed by atoms with Crippen LogP contribution in [0.1, 0.15) is 50.1 Å². The van der Waals surface area contributed by atoms with Crippen LogP contribution >= 0.6 is 24.0 Å². The minimum atomic E-state index is -0.00751. The number of hydrogen-bond donors (Lipinski definition) is 2. The molecular formula is C19H34IN5O3. The SMILES string of the molecule is CCc1noc(CC)c1CN=C(NCC(=O)N(C)C)NCC1CCCCO1.I. The van der Waals surface area contributed by atoms with E-state index in [0.717, 1.165) is 49.3 Å². The fourth-order valence-electron chi connectivity index (χ4n) is 2.95. The van der Waals surface area contributed by atoms with E-state index in [0.29, 0.717) is 19.0 Å². The smallest absolute Gasteiger partial charge is 0.241 e. The predicted molar refractivity (Wildman–Crippen MR) is 120 cm³/mol. The average Bonchev–Trinajstić information content (AvgIpc) is 3.09. The van der Waals surface area contributed by atoms with E-state index in [-0.39, 0.29) is 42.5 Å². The zero-order chi connectivity index (χ0) is 19.6.